The quantitative estimate of drug-likeness (QED) is 0.199. The fourth-order valence-electron chi connectivity index (χ4n) is 5.19. The summed E-state index contributed by atoms with van der Waals surface area (Å²) in [6, 6.07) is 15.4. The zero-order chi connectivity index (χ0) is 28.2. The maximum atomic E-state index is 10.7. The van der Waals surface area contributed by atoms with Crippen LogP contribution >= 0.6 is 11.3 Å². The number of aliphatic carboxylic acids is 1. The first-order valence-corrected chi connectivity index (χ1v) is 14.2. The second-order valence-electron chi connectivity index (χ2n) is 11.5. The number of hydrogen-bond acceptors (Lipinski definition) is 6. The third kappa shape index (κ3) is 6.82. The van der Waals surface area contributed by atoms with Crippen LogP contribution in [0.3, 0.4) is 0 Å². The Bertz CT molecular complexity index is 1320. The molecule has 3 aromatic rings. The van der Waals surface area contributed by atoms with E-state index >= 15 is 0 Å². The largest absolute Gasteiger partial charge is 0.489 e. The summed E-state index contributed by atoms with van der Waals surface area (Å²) < 4.78 is 12.0. The number of carboxylic acid groups (broad SMARTS) is 1. The minimum atomic E-state index is -0.793. The predicted octanol–water partition coefficient (Wildman–Crippen LogP) is 7.43. The Kier molecular flexibility index (Phi) is 8.70. The van der Waals surface area contributed by atoms with Crippen molar-refractivity contribution in [3.8, 4) is 11.5 Å². The van der Waals surface area contributed by atoms with Crippen LogP contribution in [0, 0.1) is 6.92 Å². The SMILES string of the molecule is CO/N=C(\COc1ccc(COc2ccc(CCC(=O)O)cc2)cc1)c1sc2c(c1C)C(C)(C)CCC2(C)C. The second kappa shape index (κ2) is 11.8. The van der Waals surface area contributed by atoms with E-state index in [0.29, 0.717) is 19.6 Å². The molecule has 1 N–H and O–H groups in total. The number of ether oxygens (including phenoxy) is 2. The highest BCUT2D eigenvalue weighted by atomic mass is 32.1. The average molecular weight is 550 g/mol. The van der Waals surface area contributed by atoms with Gasteiger partial charge in [0.25, 0.3) is 0 Å². The van der Waals surface area contributed by atoms with Gasteiger partial charge in [-0.2, -0.15) is 0 Å². The number of fused-ring (bicyclic) bond motifs is 1. The molecule has 39 heavy (non-hydrogen) atoms. The molecule has 0 atom stereocenters. The molecule has 1 aliphatic carbocycles. The van der Waals surface area contributed by atoms with Gasteiger partial charge in [0.1, 0.15) is 37.5 Å². The van der Waals surface area contributed by atoms with Crippen molar-refractivity contribution in [1.82, 2.24) is 0 Å². The van der Waals surface area contributed by atoms with E-state index in [1.807, 2.05) is 59.9 Å². The molecule has 0 amide bonds. The molecule has 0 unspecified atom stereocenters. The zero-order valence-electron chi connectivity index (χ0n) is 23.8. The minimum Gasteiger partial charge on any atom is -0.489 e. The molecule has 208 valence electrons. The normalized spacial score (nSPS) is 15.9. The number of carboxylic acids is 1. The lowest BCUT2D eigenvalue weighted by Crippen LogP contribution is -2.32. The fraction of sp³-hybridized carbons (Fsp3) is 0.438. The third-order valence-corrected chi connectivity index (χ3v) is 9.24. The van der Waals surface area contributed by atoms with Crippen LogP contribution in [0.2, 0.25) is 0 Å². The number of hydrogen-bond donors (Lipinski definition) is 1. The molecule has 0 saturated heterocycles. The predicted molar refractivity (Wildman–Crippen MR) is 157 cm³/mol. The van der Waals surface area contributed by atoms with Crippen molar-refractivity contribution >= 4 is 23.0 Å². The van der Waals surface area contributed by atoms with E-state index in [1.165, 1.54) is 28.8 Å². The topological polar surface area (TPSA) is 77.3 Å². The number of carbonyl (C=O) groups is 1. The summed E-state index contributed by atoms with van der Waals surface area (Å²) in [5.41, 5.74) is 5.85. The van der Waals surface area contributed by atoms with Crippen LogP contribution in [0.15, 0.2) is 53.7 Å². The summed E-state index contributed by atoms with van der Waals surface area (Å²) in [6.07, 6.45) is 2.98. The molecule has 1 heterocycles. The first-order valence-electron chi connectivity index (χ1n) is 13.4. The molecule has 4 rings (SSSR count). The second-order valence-corrected chi connectivity index (χ2v) is 12.5. The monoisotopic (exact) mass is 549 g/mol. The van der Waals surface area contributed by atoms with Gasteiger partial charge in [-0.1, -0.05) is 57.1 Å². The van der Waals surface area contributed by atoms with Gasteiger partial charge in [-0.3, -0.25) is 4.79 Å². The third-order valence-electron chi connectivity index (χ3n) is 7.53. The number of benzene rings is 2. The van der Waals surface area contributed by atoms with Gasteiger partial charge in [0.05, 0.1) is 4.88 Å². The number of oxime groups is 1. The van der Waals surface area contributed by atoms with E-state index in [0.717, 1.165) is 33.2 Å². The average Bonchev–Trinajstić information content (AvgIpc) is 3.27. The highest BCUT2D eigenvalue weighted by Crippen LogP contribution is 2.51. The molecule has 0 radical (unpaired) electrons. The Balaban J connectivity index is 1.38. The van der Waals surface area contributed by atoms with Crippen LogP contribution in [-0.4, -0.2) is 30.5 Å². The van der Waals surface area contributed by atoms with E-state index in [9.17, 15) is 4.79 Å². The van der Waals surface area contributed by atoms with Crippen molar-refractivity contribution in [2.45, 2.75) is 77.7 Å². The molecule has 1 aromatic heterocycles. The van der Waals surface area contributed by atoms with Gasteiger partial charge >= 0.3 is 5.97 Å². The molecule has 0 spiro atoms. The minimum absolute atomic E-state index is 0.124. The number of thiophene rings is 1. The van der Waals surface area contributed by atoms with Crippen molar-refractivity contribution in [3.05, 3.63) is 80.5 Å². The Hall–Kier alpha value is -3.32. The van der Waals surface area contributed by atoms with E-state index < -0.39 is 5.97 Å². The van der Waals surface area contributed by atoms with Crippen LogP contribution in [-0.2, 0) is 33.5 Å². The molecule has 2 aromatic carbocycles. The van der Waals surface area contributed by atoms with Crippen molar-refractivity contribution in [2.24, 2.45) is 5.16 Å². The molecule has 0 aliphatic heterocycles. The van der Waals surface area contributed by atoms with E-state index in [-0.39, 0.29) is 17.3 Å². The highest BCUT2D eigenvalue weighted by molar-refractivity contribution is 7.14. The summed E-state index contributed by atoms with van der Waals surface area (Å²) in [6.45, 7) is 12.3. The summed E-state index contributed by atoms with van der Waals surface area (Å²) >= 11 is 1.83. The first kappa shape index (κ1) is 28.7. The van der Waals surface area contributed by atoms with Crippen LogP contribution in [0.1, 0.15) is 79.0 Å². The van der Waals surface area contributed by atoms with Gasteiger partial charge in [-0.25, -0.2) is 0 Å². The van der Waals surface area contributed by atoms with Gasteiger partial charge in [-0.15, -0.1) is 11.3 Å². The number of aryl methyl sites for hydroxylation is 1. The standard InChI is InChI=1S/C32H39NO5S/c1-21-28-30(32(4,5)18-17-31(28,2)3)39-29(21)26(33-36-6)20-38-25-14-9-23(10-15-25)19-37-24-12-7-22(8-13-24)11-16-27(34)35/h7-10,12-15H,11,16-20H2,1-6H3,(H,34,35)/b33-26+. The van der Waals surface area contributed by atoms with E-state index in [1.54, 1.807) is 7.11 Å². The van der Waals surface area contributed by atoms with Crippen molar-refractivity contribution in [1.29, 1.82) is 0 Å². The summed E-state index contributed by atoms with van der Waals surface area (Å²) in [5, 5.41) is 13.2. The van der Waals surface area contributed by atoms with Crippen molar-refractivity contribution in [3.63, 3.8) is 0 Å². The highest BCUT2D eigenvalue weighted by Gasteiger charge is 2.41. The maximum Gasteiger partial charge on any atom is 0.303 e. The lowest BCUT2D eigenvalue weighted by atomic mass is 9.66. The molecular formula is C32H39NO5S. The summed E-state index contributed by atoms with van der Waals surface area (Å²) in [7, 11) is 1.58. The van der Waals surface area contributed by atoms with Crippen LogP contribution in [0.4, 0.5) is 0 Å². The van der Waals surface area contributed by atoms with Gasteiger partial charge in [0.15, 0.2) is 0 Å². The van der Waals surface area contributed by atoms with Gasteiger partial charge in [0, 0.05) is 11.3 Å². The van der Waals surface area contributed by atoms with Crippen LogP contribution in [0.25, 0.3) is 0 Å². The van der Waals surface area contributed by atoms with Crippen LogP contribution < -0.4 is 9.47 Å². The van der Waals surface area contributed by atoms with E-state index in [2.05, 4.69) is 39.8 Å². The molecule has 0 fully saturated rings. The number of nitrogens with zero attached hydrogens (tertiary/aromatic N) is 1. The molecular weight excluding hydrogens is 510 g/mol. The molecule has 1 aliphatic rings. The van der Waals surface area contributed by atoms with Crippen molar-refractivity contribution in [2.75, 3.05) is 13.7 Å². The Morgan fingerprint density at radius 1 is 0.923 bits per heavy atom. The zero-order valence-corrected chi connectivity index (χ0v) is 24.6. The summed E-state index contributed by atoms with van der Waals surface area (Å²) in [5.74, 6) is 0.707. The molecule has 0 saturated carbocycles. The summed E-state index contributed by atoms with van der Waals surface area (Å²) in [4.78, 5) is 18.6. The van der Waals surface area contributed by atoms with Gasteiger partial charge < -0.3 is 19.4 Å². The van der Waals surface area contributed by atoms with Gasteiger partial charge in [0.2, 0.25) is 0 Å². The first-order chi connectivity index (χ1) is 18.5. The molecule has 7 heteroatoms. The molecule has 0 bridgehead atoms. The van der Waals surface area contributed by atoms with Crippen molar-refractivity contribution < 1.29 is 24.2 Å². The Morgan fingerprint density at radius 2 is 1.51 bits per heavy atom. The molecule has 6 nitrogen and oxygen atoms in total. The Morgan fingerprint density at radius 3 is 2.10 bits per heavy atom. The van der Waals surface area contributed by atoms with Crippen LogP contribution in [0.5, 0.6) is 11.5 Å². The van der Waals surface area contributed by atoms with Gasteiger partial charge in [-0.05, 0) is 83.5 Å². The lowest BCUT2D eigenvalue weighted by molar-refractivity contribution is -0.136. The lowest BCUT2D eigenvalue weighted by Gasteiger charge is -2.39. The number of rotatable bonds is 11. The van der Waals surface area contributed by atoms with E-state index in [4.69, 9.17) is 19.4 Å². The Labute approximate surface area is 235 Å². The smallest absolute Gasteiger partial charge is 0.303 e. The maximum absolute atomic E-state index is 10.7. The fourth-order valence-corrected chi connectivity index (χ4v) is 6.77.